The minimum Gasteiger partial charge on any atom is -0.396 e. The van der Waals surface area contributed by atoms with Gasteiger partial charge in [-0.15, -0.1) is 0 Å². The average molecular weight is 421 g/mol. The average Bonchev–Trinajstić information content (AvgIpc) is 3.09. The Bertz CT molecular complexity index is 1030. The number of ether oxygens (including phenoxy) is 1. The molecule has 3 aromatic rings. The highest BCUT2D eigenvalue weighted by Gasteiger charge is 2.17. The van der Waals surface area contributed by atoms with Crippen LogP contribution < -0.4 is 0 Å². The fourth-order valence-electron chi connectivity index (χ4n) is 2.82. The van der Waals surface area contributed by atoms with Gasteiger partial charge in [-0.1, -0.05) is 35.9 Å². The van der Waals surface area contributed by atoms with E-state index in [1.165, 1.54) is 6.26 Å². The highest BCUT2D eigenvalue weighted by Crippen LogP contribution is 2.34. The van der Waals surface area contributed by atoms with Crippen molar-refractivity contribution in [3.8, 4) is 22.4 Å². The van der Waals surface area contributed by atoms with E-state index in [9.17, 15) is 8.42 Å². The molecule has 3 rings (SSSR count). The number of sulfone groups is 1. The number of rotatable bonds is 8. The van der Waals surface area contributed by atoms with Crippen LogP contribution >= 0.6 is 11.6 Å². The fraction of sp³-hybridized carbons (Fsp3) is 0.250. The van der Waals surface area contributed by atoms with Gasteiger partial charge in [-0.05, 0) is 36.2 Å². The number of H-pyrrole nitrogens is 1. The third kappa shape index (κ3) is 4.80. The predicted octanol–water partition coefficient (Wildman–Crippen LogP) is 3.70. The third-order valence-electron chi connectivity index (χ3n) is 4.23. The van der Waals surface area contributed by atoms with Crippen molar-refractivity contribution in [3.05, 3.63) is 59.2 Å². The number of aromatic nitrogens is 2. The Balaban J connectivity index is 2.00. The zero-order chi connectivity index (χ0) is 20.1. The number of nitrogens with one attached hydrogen (secondary N) is 1. The third-order valence-corrected chi connectivity index (χ3v) is 5.61. The second-order valence-corrected chi connectivity index (χ2v) is 8.81. The molecule has 0 atom stereocenters. The number of nitrogens with zero attached hydrogens (tertiary/aromatic N) is 1. The molecule has 0 fully saturated rings. The summed E-state index contributed by atoms with van der Waals surface area (Å²) in [5.74, 6) is 0. The number of benzene rings is 2. The van der Waals surface area contributed by atoms with Crippen molar-refractivity contribution >= 4 is 21.4 Å². The van der Waals surface area contributed by atoms with Gasteiger partial charge in [0.15, 0.2) is 9.84 Å². The van der Waals surface area contributed by atoms with Crippen molar-refractivity contribution < 1.29 is 18.3 Å². The van der Waals surface area contributed by atoms with E-state index in [-0.39, 0.29) is 18.1 Å². The van der Waals surface area contributed by atoms with E-state index in [1.807, 2.05) is 12.1 Å². The molecule has 0 radical (unpaired) electrons. The maximum atomic E-state index is 11.7. The smallest absolute Gasteiger partial charge is 0.175 e. The highest BCUT2D eigenvalue weighted by molar-refractivity contribution is 7.90. The number of aliphatic hydroxyl groups excluding tert-OH is 1. The van der Waals surface area contributed by atoms with Crippen molar-refractivity contribution in [3.63, 3.8) is 0 Å². The summed E-state index contributed by atoms with van der Waals surface area (Å²) in [7, 11) is -3.26. The highest BCUT2D eigenvalue weighted by atomic mass is 35.5. The molecule has 1 aromatic heterocycles. The molecule has 148 valence electrons. The monoisotopic (exact) mass is 420 g/mol. The summed E-state index contributed by atoms with van der Waals surface area (Å²) in [6.07, 6.45) is 1.74. The number of halogens is 1. The normalized spacial score (nSPS) is 11.7. The zero-order valence-corrected chi connectivity index (χ0v) is 16.9. The lowest BCUT2D eigenvalue weighted by molar-refractivity contribution is 0.102. The molecule has 0 saturated carbocycles. The van der Waals surface area contributed by atoms with Crippen molar-refractivity contribution in [1.82, 2.24) is 10.2 Å². The SMILES string of the molecule is CS(=O)(=O)c1ccc(-c2[nH]nc(COCCCO)c2-c2ccc(Cl)cc2)cc1. The first-order valence-corrected chi connectivity index (χ1v) is 11.0. The number of aliphatic hydroxyl groups is 1. The van der Waals surface area contributed by atoms with Gasteiger partial charge in [0.05, 0.1) is 22.9 Å². The molecule has 0 unspecified atom stereocenters. The lowest BCUT2D eigenvalue weighted by Gasteiger charge is -2.08. The lowest BCUT2D eigenvalue weighted by Crippen LogP contribution is -1.99. The summed E-state index contributed by atoms with van der Waals surface area (Å²) in [6, 6.07) is 14.1. The van der Waals surface area contributed by atoms with E-state index in [0.717, 1.165) is 28.1 Å². The van der Waals surface area contributed by atoms with Crippen LogP contribution in [0.2, 0.25) is 5.02 Å². The Hall–Kier alpha value is -2.19. The van der Waals surface area contributed by atoms with Gasteiger partial charge >= 0.3 is 0 Å². The summed E-state index contributed by atoms with van der Waals surface area (Å²) in [5, 5.41) is 17.0. The maximum absolute atomic E-state index is 11.7. The van der Waals surface area contributed by atoms with Gasteiger partial charge in [-0.2, -0.15) is 5.10 Å². The van der Waals surface area contributed by atoms with Crippen molar-refractivity contribution in [2.75, 3.05) is 19.5 Å². The van der Waals surface area contributed by atoms with Crippen LogP contribution in [-0.4, -0.2) is 43.2 Å². The second kappa shape index (κ2) is 8.87. The molecular weight excluding hydrogens is 400 g/mol. The maximum Gasteiger partial charge on any atom is 0.175 e. The molecule has 2 N–H and O–H groups in total. The van der Waals surface area contributed by atoms with Gasteiger partial charge in [-0.25, -0.2) is 8.42 Å². The van der Waals surface area contributed by atoms with E-state index in [0.29, 0.717) is 18.1 Å². The predicted molar refractivity (Wildman–Crippen MR) is 109 cm³/mol. The Morgan fingerprint density at radius 1 is 1.07 bits per heavy atom. The number of hydrogen-bond donors (Lipinski definition) is 2. The van der Waals surface area contributed by atoms with Crippen LogP contribution in [0.25, 0.3) is 22.4 Å². The largest absolute Gasteiger partial charge is 0.396 e. The van der Waals surface area contributed by atoms with Gasteiger partial charge in [0.2, 0.25) is 0 Å². The zero-order valence-electron chi connectivity index (χ0n) is 15.4. The molecule has 28 heavy (non-hydrogen) atoms. The fourth-order valence-corrected chi connectivity index (χ4v) is 3.58. The van der Waals surface area contributed by atoms with Crippen LogP contribution in [-0.2, 0) is 21.2 Å². The molecular formula is C20H21ClN2O4S. The van der Waals surface area contributed by atoms with Crippen LogP contribution in [0.3, 0.4) is 0 Å². The van der Waals surface area contributed by atoms with Crippen LogP contribution in [0.1, 0.15) is 12.1 Å². The van der Waals surface area contributed by atoms with Crippen LogP contribution in [0.15, 0.2) is 53.4 Å². The standard InChI is InChI=1S/C20H21ClN2O4S/c1-28(25,26)17-9-5-15(6-10-17)20-19(14-3-7-16(21)8-4-14)18(22-23-20)13-27-12-2-11-24/h3-10,24H,2,11-13H2,1H3,(H,22,23). The minimum atomic E-state index is -3.26. The van der Waals surface area contributed by atoms with E-state index in [4.69, 9.17) is 21.4 Å². The molecule has 0 amide bonds. The summed E-state index contributed by atoms with van der Waals surface area (Å²) >= 11 is 6.02. The van der Waals surface area contributed by atoms with E-state index in [1.54, 1.807) is 36.4 Å². The van der Waals surface area contributed by atoms with Crippen LogP contribution in [0.4, 0.5) is 0 Å². The molecule has 2 aromatic carbocycles. The first-order valence-electron chi connectivity index (χ1n) is 8.72. The van der Waals surface area contributed by atoms with E-state index in [2.05, 4.69) is 10.2 Å². The summed E-state index contributed by atoms with van der Waals surface area (Å²) < 4.78 is 29.0. The van der Waals surface area contributed by atoms with E-state index < -0.39 is 9.84 Å². The molecule has 0 aliphatic heterocycles. The topological polar surface area (TPSA) is 92.3 Å². The molecule has 0 aliphatic rings. The van der Waals surface area contributed by atoms with Gasteiger partial charge in [0.25, 0.3) is 0 Å². The lowest BCUT2D eigenvalue weighted by atomic mass is 9.99. The molecule has 0 saturated heterocycles. The Labute approximate surface area is 169 Å². The quantitative estimate of drug-likeness (QED) is 0.542. The van der Waals surface area contributed by atoms with Gasteiger partial charge < -0.3 is 9.84 Å². The Morgan fingerprint density at radius 2 is 1.71 bits per heavy atom. The van der Waals surface area contributed by atoms with Crippen molar-refractivity contribution in [2.45, 2.75) is 17.9 Å². The first-order chi connectivity index (χ1) is 13.4. The number of aromatic amines is 1. The molecule has 6 nitrogen and oxygen atoms in total. The molecule has 0 aliphatic carbocycles. The summed E-state index contributed by atoms with van der Waals surface area (Å²) in [6.45, 7) is 0.792. The van der Waals surface area contributed by atoms with Crippen molar-refractivity contribution in [2.24, 2.45) is 0 Å². The summed E-state index contributed by atoms with van der Waals surface area (Å²) in [5.41, 5.74) is 4.09. The molecule has 8 heteroatoms. The second-order valence-electron chi connectivity index (χ2n) is 6.35. The number of hydrogen-bond acceptors (Lipinski definition) is 5. The molecule has 1 heterocycles. The Morgan fingerprint density at radius 3 is 2.32 bits per heavy atom. The van der Waals surface area contributed by atoms with Gasteiger partial charge in [0.1, 0.15) is 0 Å². The van der Waals surface area contributed by atoms with Gasteiger partial charge in [0, 0.05) is 35.6 Å². The van der Waals surface area contributed by atoms with Crippen LogP contribution in [0, 0.1) is 0 Å². The molecule has 0 bridgehead atoms. The first kappa shape index (κ1) is 20.5. The minimum absolute atomic E-state index is 0.0720. The van der Waals surface area contributed by atoms with Crippen molar-refractivity contribution in [1.29, 1.82) is 0 Å². The van der Waals surface area contributed by atoms with E-state index >= 15 is 0 Å². The summed E-state index contributed by atoms with van der Waals surface area (Å²) in [4.78, 5) is 0.261. The van der Waals surface area contributed by atoms with Gasteiger partial charge in [-0.3, -0.25) is 5.10 Å². The molecule has 0 spiro atoms. The van der Waals surface area contributed by atoms with Crippen LogP contribution in [0.5, 0.6) is 0 Å². The Kier molecular flexibility index (Phi) is 6.51.